The number of nitrogens with zero attached hydrogens (tertiary/aromatic N) is 2. The summed E-state index contributed by atoms with van der Waals surface area (Å²) in [5.41, 5.74) is 8.92. The molecule has 1 aliphatic rings. The number of aromatic nitrogens is 1. The van der Waals surface area contributed by atoms with Crippen molar-refractivity contribution < 1.29 is 14.0 Å². The first-order valence-electron chi connectivity index (χ1n) is 10.3. The van der Waals surface area contributed by atoms with Gasteiger partial charge in [-0.05, 0) is 59.4 Å². The number of likely N-dealkylation sites (tertiary alicyclic amines) is 1. The van der Waals surface area contributed by atoms with Gasteiger partial charge in [0, 0.05) is 25.5 Å². The van der Waals surface area contributed by atoms with Crippen LogP contribution in [0.5, 0.6) is 0 Å². The van der Waals surface area contributed by atoms with Gasteiger partial charge < -0.3 is 10.6 Å². The molecule has 0 aliphatic carbocycles. The molecule has 0 bridgehead atoms. The third-order valence-electron chi connectivity index (χ3n) is 6.01. The number of hydrogen-bond donors (Lipinski definition) is 1. The van der Waals surface area contributed by atoms with Crippen LogP contribution in [0.25, 0.3) is 11.1 Å². The number of primary amides is 1. The summed E-state index contributed by atoms with van der Waals surface area (Å²) in [4.78, 5) is 30.9. The molecule has 0 spiro atoms. The first-order valence-corrected chi connectivity index (χ1v) is 10.3. The van der Waals surface area contributed by atoms with E-state index in [2.05, 4.69) is 4.98 Å². The number of halogens is 1. The van der Waals surface area contributed by atoms with E-state index in [-0.39, 0.29) is 24.1 Å². The number of carbonyl (C=O) groups excluding carboxylic acids is 2. The Morgan fingerprint density at radius 2 is 1.55 bits per heavy atom. The van der Waals surface area contributed by atoms with Crippen LogP contribution in [-0.4, -0.2) is 34.8 Å². The maximum absolute atomic E-state index is 13.1. The van der Waals surface area contributed by atoms with Crippen molar-refractivity contribution >= 4 is 11.8 Å². The normalized spacial score (nSPS) is 18.2. The van der Waals surface area contributed by atoms with Gasteiger partial charge in [-0.15, -0.1) is 0 Å². The predicted octanol–water partition coefficient (Wildman–Crippen LogP) is 3.38. The van der Waals surface area contributed by atoms with E-state index in [1.807, 2.05) is 36.4 Å². The summed E-state index contributed by atoms with van der Waals surface area (Å²) in [5.74, 6) is -0.800. The zero-order valence-corrected chi connectivity index (χ0v) is 17.1. The Morgan fingerprint density at radius 1 is 0.935 bits per heavy atom. The van der Waals surface area contributed by atoms with Crippen LogP contribution in [0.4, 0.5) is 4.39 Å². The quantitative estimate of drug-likeness (QED) is 0.668. The van der Waals surface area contributed by atoms with Crippen molar-refractivity contribution in [1.29, 1.82) is 0 Å². The van der Waals surface area contributed by atoms with Crippen LogP contribution in [-0.2, 0) is 22.4 Å². The molecule has 2 amide bonds. The topological polar surface area (TPSA) is 76.3 Å². The van der Waals surface area contributed by atoms with Gasteiger partial charge in [-0.2, -0.15) is 0 Å². The fraction of sp³-hybridized carbons (Fsp3) is 0.240. The van der Waals surface area contributed by atoms with Crippen LogP contribution >= 0.6 is 0 Å². The Morgan fingerprint density at radius 3 is 2.19 bits per heavy atom. The number of hydrogen-bond acceptors (Lipinski definition) is 3. The second kappa shape index (κ2) is 8.68. The number of carbonyl (C=O) groups is 2. The summed E-state index contributed by atoms with van der Waals surface area (Å²) in [6.45, 7) is 0.784. The lowest BCUT2D eigenvalue weighted by atomic mass is 9.80. The molecule has 1 saturated heterocycles. The van der Waals surface area contributed by atoms with E-state index in [0.717, 1.165) is 22.3 Å². The van der Waals surface area contributed by atoms with Gasteiger partial charge in [-0.25, -0.2) is 4.39 Å². The van der Waals surface area contributed by atoms with Crippen molar-refractivity contribution in [2.75, 3.05) is 13.1 Å². The van der Waals surface area contributed by atoms with Crippen LogP contribution in [0.3, 0.4) is 0 Å². The molecule has 6 heteroatoms. The minimum atomic E-state index is -0.781. The number of rotatable bonds is 6. The standard InChI is InChI=1S/C25H24FN3O2/c26-22-7-3-18(4-8-22)15-23(30)29-14-11-25(17-29,24(27)31)16-19-1-5-20(6-2-19)21-9-12-28-13-10-21/h1-10,12-13H,11,14-17H2,(H2,27,31). The molecule has 1 aliphatic heterocycles. The van der Waals surface area contributed by atoms with Crippen molar-refractivity contribution in [3.63, 3.8) is 0 Å². The predicted molar refractivity (Wildman–Crippen MR) is 116 cm³/mol. The Labute approximate surface area is 180 Å². The van der Waals surface area contributed by atoms with E-state index in [9.17, 15) is 14.0 Å². The molecule has 1 unspecified atom stereocenters. The summed E-state index contributed by atoms with van der Waals surface area (Å²) < 4.78 is 13.1. The second-order valence-electron chi connectivity index (χ2n) is 8.12. The summed E-state index contributed by atoms with van der Waals surface area (Å²) in [5, 5.41) is 0. The Bertz CT molecular complexity index is 1070. The van der Waals surface area contributed by atoms with Crippen LogP contribution in [0, 0.1) is 11.2 Å². The minimum Gasteiger partial charge on any atom is -0.369 e. The van der Waals surface area contributed by atoms with Crippen molar-refractivity contribution in [1.82, 2.24) is 9.88 Å². The lowest BCUT2D eigenvalue weighted by molar-refractivity contribution is -0.131. The first-order chi connectivity index (χ1) is 14.9. The Balaban J connectivity index is 1.45. The zero-order chi connectivity index (χ0) is 21.8. The molecule has 1 fully saturated rings. The highest BCUT2D eigenvalue weighted by atomic mass is 19.1. The summed E-state index contributed by atoms with van der Waals surface area (Å²) in [6.07, 6.45) is 4.70. The van der Waals surface area contributed by atoms with Crippen LogP contribution in [0.15, 0.2) is 73.1 Å². The van der Waals surface area contributed by atoms with E-state index in [4.69, 9.17) is 5.73 Å². The van der Waals surface area contributed by atoms with E-state index >= 15 is 0 Å². The van der Waals surface area contributed by atoms with Crippen molar-refractivity contribution in [3.05, 3.63) is 90.0 Å². The van der Waals surface area contributed by atoms with Crippen LogP contribution < -0.4 is 5.73 Å². The molecule has 0 radical (unpaired) electrons. The largest absolute Gasteiger partial charge is 0.369 e. The van der Waals surface area contributed by atoms with Gasteiger partial charge in [0.2, 0.25) is 11.8 Å². The Kier molecular flexibility index (Phi) is 5.80. The maximum atomic E-state index is 13.1. The molecule has 1 atom stereocenters. The van der Waals surface area contributed by atoms with Gasteiger partial charge >= 0.3 is 0 Å². The lowest BCUT2D eigenvalue weighted by Crippen LogP contribution is -2.42. The first kappa shape index (κ1) is 20.7. The summed E-state index contributed by atoms with van der Waals surface area (Å²) in [7, 11) is 0. The lowest BCUT2D eigenvalue weighted by Gasteiger charge is -2.26. The SMILES string of the molecule is NC(=O)C1(Cc2ccc(-c3ccncc3)cc2)CCN(C(=O)Cc2ccc(F)cc2)C1. The van der Waals surface area contributed by atoms with Crippen molar-refractivity contribution in [3.8, 4) is 11.1 Å². The minimum absolute atomic E-state index is 0.0808. The third-order valence-corrected chi connectivity index (χ3v) is 6.01. The molecule has 2 heterocycles. The molecule has 2 aromatic carbocycles. The molecule has 3 aromatic rings. The molecule has 4 rings (SSSR count). The second-order valence-corrected chi connectivity index (χ2v) is 8.12. The summed E-state index contributed by atoms with van der Waals surface area (Å²) in [6, 6.07) is 17.8. The van der Waals surface area contributed by atoms with Gasteiger partial charge in [0.1, 0.15) is 5.82 Å². The molecule has 5 nitrogen and oxygen atoms in total. The molecule has 158 valence electrons. The van der Waals surface area contributed by atoms with Gasteiger partial charge in [0.05, 0.1) is 11.8 Å². The maximum Gasteiger partial charge on any atom is 0.227 e. The average molecular weight is 417 g/mol. The molecule has 31 heavy (non-hydrogen) atoms. The molecule has 0 saturated carbocycles. The highest BCUT2D eigenvalue weighted by Gasteiger charge is 2.44. The zero-order valence-electron chi connectivity index (χ0n) is 17.1. The van der Waals surface area contributed by atoms with Crippen molar-refractivity contribution in [2.45, 2.75) is 19.3 Å². The smallest absolute Gasteiger partial charge is 0.227 e. The Hall–Kier alpha value is -3.54. The molecule has 1 aromatic heterocycles. The van der Waals surface area contributed by atoms with Gasteiger partial charge in [-0.1, -0.05) is 36.4 Å². The summed E-state index contributed by atoms with van der Waals surface area (Å²) >= 11 is 0. The average Bonchev–Trinajstić information content (AvgIpc) is 3.22. The third kappa shape index (κ3) is 4.63. The van der Waals surface area contributed by atoms with Crippen molar-refractivity contribution in [2.24, 2.45) is 11.1 Å². The van der Waals surface area contributed by atoms with Gasteiger partial charge in [0.25, 0.3) is 0 Å². The number of amides is 2. The molecular weight excluding hydrogens is 393 g/mol. The van der Waals surface area contributed by atoms with E-state index < -0.39 is 5.41 Å². The van der Waals surface area contributed by atoms with Crippen LogP contribution in [0.2, 0.25) is 0 Å². The molecular formula is C25H24FN3O2. The van der Waals surface area contributed by atoms with E-state index in [1.54, 1.807) is 29.4 Å². The highest BCUT2D eigenvalue weighted by molar-refractivity contribution is 5.85. The highest BCUT2D eigenvalue weighted by Crippen LogP contribution is 2.35. The number of pyridine rings is 1. The van der Waals surface area contributed by atoms with Gasteiger partial charge in [-0.3, -0.25) is 14.6 Å². The molecule has 2 N–H and O–H groups in total. The fourth-order valence-electron chi connectivity index (χ4n) is 4.16. The van der Waals surface area contributed by atoms with Gasteiger partial charge in [0.15, 0.2) is 0 Å². The van der Waals surface area contributed by atoms with Crippen LogP contribution in [0.1, 0.15) is 17.5 Å². The monoisotopic (exact) mass is 417 g/mol. The number of benzene rings is 2. The number of nitrogens with two attached hydrogens (primary N) is 1. The van der Waals surface area contributed by atoms with E-state index in [0.29, 0.717) is 25.9 Å². The fourth-order valence-corrected chi connectivity index (χ4v) is 4.16. The van der Waals surface area contributed by atoms with E-state index in [1.165, 1.54) is 12.1 Å².